The molecule has 14 heteroatoms. The molecule has 2 N–H and O–H groups in total. The predicted molar refractivity (Wildman–Crippen MR) is 113 cm³/mol. The second-order valence-corrected chi connectivity index (χ2v) is 8.45. The quantitative estimate of drug-likeness (QED) is 0.573. The average Bonchev–Trinajstić information content (AvgIpc) is 3.40. The van der Waals surface area contributed by atoms with Crippen LogP contribution in [0.5, 0.6) is 0 Å². The van der Waals surface area contributed by atoms with Crippen LogP contribution in [-0.4, -0.2) is 85.4 Å². The first-order chi connectivity index (χ1) is 15.6. The van der Waals surface area contributed by atoms with Crippen molar-refractivity contribution in [3.05, 3.63) is 29.5 Å². The lowest BCUT2D eigenvalue weighted by molar-refractivity contribution is -0.115. The van der Waals surface area contributed by atoms with Crippen molar-refractivity contribution < 1.29 is 27.9 Å². The fourth-order valence-corrected chi connectivity index (χ4v) is 4.41. The topological polar surface area (TPSA) is 116 Å². The summed E-state index contributed by atoms with van der Waals surface area (Å²) < 4.78 is 39.8. The molecule has 4 rings (SSSR count). The zero-order valence-corrected chi connectivity index (χ0v) is 18.2. The molecule has 0 aliphatic carbocycles. The minimum atomic E-state index is -4.47. The number of hydrogen-bond acceptors (Lipinski definition) is 7. The summed E-state index contributed by atoms with van der Waals surface area (Å²) in [6.07, 6.45) is -1.39. The highest BCUT2D eigenvalue weighted by Gasteiger charge is 2.30. The molecular formula is C19H20F3N7O3S. The Hall–Kier alpha value is -3.42. The molecule has 176 valence electrons. The highest BCUT2D eigenvalue weighted by molar-refractivity contribution is 7.16. The second-order valence-electron chi connectivity index (χ2n) is 7.56. The maximum Gasteiger partial charge on any atom is 0.407 e. The van der Waals surface area contributed by atoms with Crippen molar-refractivity contribution in [2.24, 2.45) is 0 Å². The van der Waals surface area contributed by atoms with Crippen LogP contribution in [0.15, 0.2) is 23.8 Å². The molecule has 0 bridgehead atoms. The Morgan fingerprint density at radius 1 is 1.30 bits per heavy atom. The molecule has 1 fully saturated rings. The van der Waals surface area contributed by atoms with E-state index in [0.717, 1.165) is 0 Å². The van der Waals surface area contributed by atoms with E-state index in [2.05, 4.69) is 20.4 Å². The second kappa shape index (κ2) is 8.84. The molecule has 0 aromatic carbocycles. The molecule has 3 aromatic heterocycles. The first-order valence-electron chi connectivity index (χ1n) is 9.98. The molecule has 0 unspecified atom stereocenters. The molecule has 1 aliphatic rings. The summed E-state index contributed by atoms with van der Waals surface area (Å²) in [5, 5.41) is 17.3. The number of fused-ring (bicyclic) bond motifs is 1. The lowest BCUT2D eigenvalue weighted by atomic mass is 10.0. The van der Waals surface area contributed by atoms with Crippen molar-refractivity contribution in [3.8, 4) is 11.4 Å². The largest absolute Gasteiger partial charge is 0.465 e. The van der Waals surface area contributed by atoms with Gasteiger partial charge < -0.3 is 20.2 Å². The number of thiazole rings is 1. The fraction of sp³-hybridized carbons (Fsp3) is 0.421. The summed E-state index contributed by atoms with van der Waals surface area (Å²) in [6.45, 7) is -0.712. The van der Waals surface area contributed by atoms with Crippen LogP contribution in [0.2, 0.25) is 0 Å². The number of alkyl halides is 3. The molecule has 0 spiro atoms. The van der Waals surface area contributed by atoms with Gasteiger partial charge in [0.1, 0.15) is 22.9 Å². The maximum atomic E-state index is 13.1. The van der Waals surface area contributed by atoms with Gasteiger partial charge in [-0.05, 0) is 12.8 Å². The molecule has 0 saturated carbocycles. The molecule has 0 radical (unpaired) electrons. The number of halogens is 3. The third-order valence-electron chi connectivity index (χ3n) is 5.39. The van der Waals surface area contributed by atoms with Gasteiger partial charge in [0.25, 0.3) is 5.91 Å². The first kappa shape index (κ1) is 22.8. The number of carbonyl (C=O) groups is 2. The Morgan fingerprint density at radius 3 is 2.70 bits per heavy atom. The molecule has 10 nitrogen and oxygen atoms in total. The van der Waals surface area contributed by atoms with Gasteiger partial charge in [-0.25, -0.2) is 19.3 Å². The van der Waals surface area contributed by atoms with Gasteiger partial charge in [0.05, 0.1) is 11.8 Å². The summed E-state index contributed by atoms with van der Waals surface area (Å²) in [7, 11) is 1.48. The van der Waals surface area contributed by atoms with Crippen molar-refractivity contribution in [2.75, 3.05) is 32.0 Å². The molecule has 1 saturated heterocycles. The van der Waals surface area contributed by atoms with Crippen molar-refractivity contribution >= 4 is 34.0 Å². The van der Waals surface area contributed by atoms with Crippen LogP contribution in [0.4, 0.5) is 23.8 Å². The third kappa shape index (κ3) is 4.99. The number of hydrogen-bond donors (Lipinski definition) is 2. The van der Waals surface area contributed by atoms with Crippen molar-refractivity contribution in [3.63, 3.8) is 0 Å². The lowest BCUT2D eigenvalue weighted by Gasteiger charge is -2.35. The SMILES string of the molecule is CN(C(=O)O)C1CCN(C(=O)c2cc(NCC(F)(F)F)nc(-c3cnn4ccsc34)n2)CC1. The van der Waals surface area contributed by atoms with Crippen molar-refractivity contribution in [1.82, 2.24) is 29.4 Å². The Kier molecular flexibility index (Phi) is 6.10. The highest BCUT2D eigenvalue weighted by Crippen LogP contribution is 2.27. The Labute approximate surface area is 189 Å². The van der Waals surface area contributed by atoms with E-state index in [-0.39, 0.29) is 23.4 Å². The van der Waals surface area contributed by atoms with E-state index < -0.39 is 24.7 Å². The number of rotatable bonds is 5. The number of anilines is 1. The summed E-state index contributed by atoms with van der Waals surface area (Å²) in [5.74, 6) is -0.500. The van der Waals surface area contributed by atoms with Crippen LogP contribution in [0.25, 0.3) is 16.2 Å². The Balaban J connectivity index is 1.61. The van der Waals surface area contributed by atoms with E-state index in [0.29, 0.717) is 36.3 Å². The number of piperidine rings is 1. The van der Waals surface area contributed by atoms with Crippen LogP contribution in [0, 0.1) is 0 Å². The van der Waals surface area contributed by atoms with Gasteiger partial charge in [0, 0.05) is 43.8 Å². The van der Waals surface area contributed by atoms with Crippen LogP contribution >= 0.6 is 11.3 Å². The van der Waals surface area contributed by atoms with E-state index in [4.69, 9.17) is 5.11 Å². The van der Waals surface area contributed by atoms with E-state index >= 15 is 0 Å². The monoisotopic (exact) mass is 483 g/mol. The number of carboxylic acid groups (broad SMARTS) is 1. The van der Waals surface area contributed by atoms with Crippen LogP contribution in [0.1, 0.15) is 23.3 Å². The smallest absolute Gasteiger partial charge is 0.407 e. The summed E-state index contributed by atoms with van der Waals surface area (Å²) in [4.78, 5) is 36.2. The van der Waals surface area contributed by atoms with Crippen LogP contribution in [-0.2, 0) is 0 Å². The summed E-state index contributed by atoms with van der Waals surface area (Å²) >= 11 is 1.36. The molecule has 3 aromatic rings. The molecular weight excluding hydrogens is 463 g/mol. The van der Waals surface area contributed by atoms with Crippen molar-refractivity contribution in [2.45, 2.75) is 25.1 Å². The zero-order chi connectivity index (χ0) is 23.8. The zero-order valence-electron chi connectivity index (χ0n) is 17.4. The predicted octanol–water partition coefficient (Wildman–Crippen LogP) is 3.04. The minimum Gasteiger partial charge on any atom is -0.465 e. The van der Waals surface area contributed by atoms with Crippen molar-refractivity contribution in [1.29, 1.82) is 0 Å². The van der Waals surface area contributed by atoms with Crippen LogP contribution in [0.3, 0.4) is 0 Å². The fourth-order valence-electron chi connectivity index (χ4n) is 3.61. The van der Waals surface area contributed by atoms with Gasteiger partial charge in [-0.15, -0.1) is 11.3 Å². The van der Waals surface area contributed by atoms with E-state index in [9.17, 15) is 22.8 Å². The number of aromatic nitrogens is 4. The summed E-state index contributed by atoms with van der Waals surface area (Å²) in [5.41, 5.74) is 0.446. The van der Waals surface area contributed by atoms with Gasteiger partial charge in [0.15, 0.2) is 5.82 Å². The standard InChI is InChI=1S/C19H20F3N7O3S/c1-27(18(31)32)11-2-4-28(5-3-11)16(30)13-8-14(23-10-19(20,21)22)26-15(25-13)12-9-24-29-6-7-33-17(12)29/h6-9,11H,2-5,10H2,1H3,(H,31,32)(H,23,25,26). The summed E-state index contributed by atoms with van der Waals surface area (Å²) in [6, 6.07) is 0.985. The average molecular weight is 483 g/mol. The van der Waals surface area contributed by atoms with Crippen LogP contribution < -0.4 is 5.32 Å². The molecule has 0 atom stereocenters. The normalized spacial score (nSPS) is 15.1. The first-order valence-corrected chi connectivity index (χ1v) is 10.9. The lowest BCUT2D eigenvalue weighted by Crippen LogP contribution is -2.47. The number of carbonyl (C=O) groups excluding carboxylic acids is 1. The van der Waals surface area contributed by atoms with Gasteiger partial charge in [-0.2, -0.15) is 18.3 Å². The highest BCUT2D eigenvalue weighted by atomic mass is 32.1. The molecule has 4 heterocycles. The third-order valence-corrected chi connectivity index (χ3v) is 6.28. The maximum absolute atomic E-state index is 13.1. The molecule has 2 amide bonds. The van der Waals surface area contributed by atoms with Gasteiger partial charge in [-0.1, -0.05) is 0 Å². The number of nitrogens with one attached hydrogen (secondary N) is 1. The van der Waals surface area contributed by atoms with E-state index in [1.165, 1.54) is 40.4 Å². The number of nitrogens with zero attached hydrogens (tertiary/aromatic N) is 6. The van der Waals surface area contributed by atoms with E-state index in [1.54, 1.807) is 16.1 Å². The number of likely N-dealkylation sites (tertiary alicyclic amines) is 1. The van der Waals surface area contributed by atoms with E-state index in [1.807, 2.05) is 0 Å². The minimum absolute atomic E-state index is 0.0504. The Morgan fingerprint density at radius 2 is 2.03 bits per heavy atom. The molecule has 33 heavy (non-hydrogen) atoms. The molecule has 1 aliphatic heterocycles. The van der Waals surface area contributed by atoms with Gasteiger partial charge >= 0.3 is 12.3 Å². The Bertz CT molecular complexity index is 1170. The van der Waals surface area contributed by atoms with Gasteiger partial charge in [0.2, 0.25) is 0 Å². The number of amides is 2. The van der Waals surface area contributed by atoms with Gasteiger partial charge in [-0.3, -0.25) is 4.79 Å².